The average Bonchev–Trinajstić information content (AvgIpc) is 3.00. The SMILES string of the molecule is CCOC(=O)c1sc(NC(=O)CSc2nc3ccccc3nc2C)cc1C. The zero-order chi connectivity index (χ0) is 19.4. The molecule has 0 aliphatic rings. The van der Waals surface area contributed by atoms with E-state index in [1.165, 1.54) is 23.1 Å². The molecule has 0 spiro atoms. The number of para-hydroxylation sites is 2. The van der Waals surface area contributed by atoms with Crippen molar-refractivity contribution in [1.82, 2.24) is 9.97 Å². The van der Waals surface area contributed by atoms with Crippen molar-refractivity contribution in [3.8, 4) is 0 Å². The maximum absolute atomic E-state index is 12.3. The highest BCUT2D eigenvalue weighted by Crippen LogP contribution is 2.28. The van der Waals surface area contributed by atoms with Gasteiger partial charge in [-0.2, -0.15) is 0 Å². The second-order valence-corrected chi connectivity index (χ2v) is 7.80. The molecule has 0 unspecified atom stereocenters. The first-order valence-corrected chi connectivity index (χ1v) is 10.2. The van der Waals surface area contributed by atoms with Crippen LogP contribution in [0.25, 0.3) is 11.0 Å². The number of hydrogen-bond acceptors (Lipinski definition) is 7. The number of fused-ring (bicyclic) bond motifs is 1. The van der Waals surface area contributed by atoms with Crippen molar-refractivity contribution in [2.45, 2.75) is 25.8 Å². The predicted octanol–water partition coefficient (Wildman–Crippen LogP) is 4.22. The molecule has 8 heteroatoms. The Morgan fingerprint density at radius 3 is 2.59 bits per heavy atom. The van der Waals surface area contributed by atoms with Crippen molar-refractivity contribution >= 4 is 51.0 Å². The molecule has 3 rings (SSSR count). The van der Waals surface area contributed by atoms with Gasteiger partial charge in [-0.3, -0.25) is 4.79 Å². The fourth-order valence-electron chi connectivity index (χ4n) is 2.46. The van der Waals surface area contributed by atoms with Gasteiger partial charge in [0.05, 0.1) is 34.1 Å². The van der Waals surface area contributed by atoms with E-state index in [4.69, 9.17) is 4.74 Å². The Morgan fingerprint density at radius 2 is 1.89 bits per heavy atom. The molecule has 0 bridgehead atoms. The van der Waals surface area contributed by atoms with E-state index in [0.717, 1.165) is 27.3 Å². The van der Waals surface area contributed by atoms with Crippen LogP contribution in [0.2, 0.25) is 0 Å². The monoisotopic (exact) mass is 401 g/mol. The smallest absolute Gasteiger partial charge is 0.348 e. The molecule has 0 saturated heterocycles. The van der Waals surface area contributed by atoms with Crippen molar-refractivity contribution in [2.75, 3.05) is 17.7 Å². The summed E-state index contributed by atoms with van der Waals surface area (Å²) in [5, 5.41) is 4.19. The highest BCUT2D eigenvalue weighted by Gasteiger charge is 2.16. The van der Waals surface area contributed by atoms with Gasteiger partial charge in [-0.05, 0) is 44.5 Å². The molecule has 0 saturated carbocycles. The molecule has 1 aromatic carbocycles. The van der Waals surface area contributed by atoms with Gasteiger partial charge in [-0.15, -0.1) is 11.3 Å². The van der Waals surface area contributed by atoms with Crippen LogP contribution in [0.1, 0.15) is 27.9 Å². The highest BCUT2D eigenvalue weighted by atomic mass is 32.2. The number of carbonyl (C=O) groups excluding carboxylic acids is 2. The lowest BCUT2D eigenvalue weighted by Crippen LogP contribution is -2.13. The predicted molar refractivity (Wildman–Crippen MR) is 109 cm³/mol. The van der Waals surface area contributed by atoms with Crippen LogP contribution in [0.3, 0.4) is 0 Å². The van der Waals surface area contributed by atoms with Crippen LogP contribution in [0.15, 0.2) is 35.4 Å². The third kappa shape index (κ3) is 4.64. The Hall–Kier alpha value is -2.45. The standard InChI is InChI=1S/C19H19N3O3S2/c1-4-25-19(24)17-11(2)9-16(27-17)22-15(23)10-26-18-12(3)20-13-7-5-6-8-14(13)21-18/h5-9H,4,10H2,1-3H3,(H,22,23). The van der Waals surface area contributed by atoms with Gasteiger partial charge in [0.25, 0.3) is 0 Å². The Morgan fingerprint density at radius 1 is 1.19 bits per heavy atom. The van der Waals surface area contributed by atoms with Crippen molar-refractivity contribution in [3.63, 3.8) is 0 Å². The molecular weight excluding hydrogens is 382 g/mol. The van der Waals surface area contributed by atoms with Gasteiger partial charge in [-0.1, -0.05) is 23.9 Å². The third-order valence-corrected chi connectivity index (χ3v) is 5.88. The number of aromatic nitrogens is 2. The molecule has 2 aromatic heterocycles. The van der Waals surface area contributed by atoms with E-state index in [1.807, 2.05) is 38.1 Å². The number of thiophene rings is 1. The lowest BCUT2D eigenvalue weighted by molar-refractivity contribution is -0.113. The maximum Gasteiger partial charge on any atom is 0.348 e. The van der Waals surface area contributed by atoms with Crippen molar-refractivity contribution < 1.29 is 14.3 Å². The van der Waals surface area contributed by atoms with Crippen molar-refractivity contribution in [3.05, 3.63) is 46.5 Å². The number of hydrogen-bond donors (Lipinski definition) is 1. The number of amides is 1. The first-order valence-electron chi connectivity index (χ1n) is 8.41. The fraction of sp³-hybridized carbons (Fsp3) is 0.263. The zero-order valence-electron chi connectivity index (χ0n) is 15.2. The van der Waals surface area contributed by atoms with Gasteiger partial charge in [0.1, 0.15) is 9.90 Å². The minimum Gasteiger partial charge on any atom is -0.462 e. The van der Waals surface area contributed by atoms with Crippen LogP contribution in [0.5, 0.6) is 0 Å². The molecule has 27 heavy (non-hydrogen) atoms. The number of ether oxygens (including phenoxy) is 1. The molecular formula is C19H19N3O3S2. The molecule has 0 aliphatic heterocycles. The van der Waals surface area contributed by atoms with E-state index in [2.05, 4.69) is 15.3 Å². The van der Waals surface area contributed by atoms with Crippen LogP contribution in [-0.2, 0) is 9.53 Å². The first-order chi connectivity index (χ1) is 13.0. The number of rotatable bonds is 6. The number of thioether (sulfide) groups is 1. The van der Waals surface area contributed by atoms with Crippen LogP contribution < -0.4 is 5.32 Å². The molecule has 140 valence electrons. The van der Waals surface area contributed by atoms with E-state index in [9.17, 15) is 9.59 Å². The Balaban J connectivity index is 1.64. The largest absolute Gasteiger partial charge is 0.462 e. The van der Waals surface area contributed by atoms with E-state index < -0.39 is 0 Å². The van der Waals surface area contributed by atoms with Gasteiger partial charge in [0.2, 0.25) is 5.91 Å². The summed E-state index contributed by atoms with van der Waals surface area (Å²) in [6.45, 7) is 5.79. The van der Waals surface area contributed by atoms with Crippen LogP contribution in [0, 0.1) is 13.8 Å². The third-order valence-electron chi connectivity index (χ3n) is 3.68. The summed E-state index contributed by atoms with van der Waals surface area (Å²) in [5.41, 5.74) is 3.23. The highest BCUT2D eigenvalue weighted by molar-refractivity contribution is 8.00. The Labute approximate surface area is 165 Å². The summed E-state index contributed by atoms with van der Waals surface area (Å²) in [5.74, 6) is -0.317. The fourth-order valence-corrected chi connectivity index (χ4v) is 4.20. The summed E-state index contributed by atoms with van der Waals surface area (Å²) in [7, 11) is 0. The molecule has 1 N–H and O–H groups in total. The average molecular weight is 402 g/mol. The Bertz CT molecular complexity index is 1000. The molecule has 2 heterocycles. The van der Waals surface area contributed by atoms with Gasteiger partial charge >= 0.3 is 5.97 Å². The number of benzene rings is 1. The Kier molecular flexibility index (Phi) is 6.08. The summed E-state index contributed by atoms with van der Waals surface area (Å²) in [6, 6.07) is 9.42. The summed E-state index contributed by atoms with van der Waals surface area (Å²) in [6.07, 6.45) is 0. The van der Waals surface area contributed by atoms with Crippen molar-refractivity contribution in [2.24, 2.45) is 0 Å². The van der Waals surface area contributed by atoms with E-state index in [0.29, 0.717) is 16.5 Å². The molecule has 1 amide bonds. The van der Waals surface area contributed by atoms with Gasteiger partial charge < -0.3 is 10.1 Å². The van der Waals surface area contributed by atoms with E-state index >= 15 is 0 Å². The van der Waals surface area contributed by atoms with Gasteiger partial charge in [-0.25, -0.2) is 14.8 Å². The molecule has 0 aliphatic carbocycles. The first kappa shape index (κ1) is 19.3. The number of anilines is 1. The topological polar surface area (TPSA) is 81.2 Å². The molecule has 0 fully saturated rings. The van der Waals surface area contributed by atoms with Gasteiger partial charge in [0.15, 0.2) is 0 Å². The van der Waals surface area contributed by atoms with Gasteiger partial charge in [0, 0.05) is 0 Å². The number of nitrogens with zero attached hydrogens (tertiary/aromatic N) is 2. The molecule has 3 aromatic rings. The van der Waals surface area contributed by atoms with Crippen LogP contribution in [0.4, 0.5) is 5.00 Å². The number of nitrogens with one attached hydrogen (secondary N) is 1. The number of carbonyl (C=O) groups is 2. The molecule has 0 atom stereocenters. The number of esters is 1. The summed E-state index contributed by atoms with van der Waals surface area (Å²) in [4.78, 5) is 33.8. The van der Waals surface area contributed by atoms with Crippen molar-refractivity contribution in [1.29, 1.82) is 0 Å². The maximum atomic E-state index is 12.3. The molecule has 0 radical (unpaired) electrons. The van der Waals surface area contributed by atoms with Crippen LogP contribution >= 0.6 is 23.1 Å². The summed E-state index contributed by atoms with van der Waals surface area (Å²) >= 11 is 2.56. The minimum atomic E-state index is -0.364. The number of aryl methyl sites for hydroxylation is 2. The minimum absolute atomic E-state index is 0.161. The van der Waals surface area contributed by atoms with E-state index in [-0.39, 0.29) is 17.6 Å². The lowest BCUT2D eigenvalue weighted by atomic mass is 10.3. The lowest BCUT2D eigenvalue weighted by Gasteiger charge is -2.06. The van der Waals surface area contributed by atoms with Crippen LogP contribution in [-0.4, -0.2) is 34.2 Å². The molecule has 6 nitrogen and oxygen atoms in total. The quantitative estimate of drug-likeness (QED) is 0.492. The van der Waals surface area contributed by atoms with E-state index in [1.54, 1.807) is 13.0 Å². The second-order valence-electron chi connectivity index (χ2n) is 5.78. The second kappa shape index (κ2) is 8.49. The zero-order valence-corrected chi connectivity index (χ0v) is 16.9. The normalized spacial score (nSPS) is 10.8. The summed E-state index contributed by atoms with van der Waals surface area (Å²) < 4.78 is 5.02.